The highest BCUT2D eigenvalue weighted by molar-refractivity contribution is 6.30. The Morgan fingerprint density at radius 2 is 1.93 bits per heavy atom. The molecule has 8 heteroatoms. The van der Waals surface area contributed by atoms with Gasteiger partial charge < -0.3 is 10.0 Å². The average molecular weight is 417 g/mol. The van der Waals surface area contributed by atoms with Crippen molar-refractivity contribution >= 4 is 29.0 Å². The fourth-order valence-electron chi connectivity index (χ4n) is 3.64. The summed E-state index contributed by atoms with van der Waals surface area (Å²) in [6, 6.07) is 10.7. The number of hydrogen-bond acceptors (Lipinski definition) is 5. The molecule has 0 spiro atoms. The predicted octanol–water partition coefficient (Wildman–Crippen LogP) is 3.33. The van der Waals surface area contributed by atoms with E-state index >= 15 is 0 Å². The SMILES string of the molecule is Cc1c(C(=O)N2C[C@H](O)C[C@H]2C(=O)CCc2ccc(Cl)cc2)cccc1[N+](=O)[O-]. The van der Waals surface area contributed by atoms with E-state index in [-0.39, 0.29) is 42.0 Å². The molecule has 7 nitrogen and oxygen atoms in total. The number of carbonyl (C=O) groups excluding carboxylic acids is 2. The molecule has 0 aromatic heterocycles. The van der Waals surface area contributed by atoms with E-state index in [1.165, 1.54) is 30.0 Å². The summed E-state index contributed by atoms with van der Waals surface area (Å²) in [6.45, 7) is 1.54. The number of likely N-dealkylation sites (tertiary alicyclic amines) is 1. The first-order valence-corrected chi connectivity index (χ1v) is 9.66. The molecule has 1 fully saturated rings. The van der Waals surface area contributed by atoms with Crippen LogP contribution in [0.4, 0.5) is 5.69 Å². The lowest BCUT2D eigenvalue weighted by atomic mass is 10.00. The molecule has 0 unspecified atom stereocenters. The van der Waals surface area contributed by atoms with E-state index in [1.807, 2.05) is 12.1 Å². The van der Waals surface area contributed by atoms with Crippen LogP contribution in [0, 0.1) is 17.0 Å². The van der Waals surface area contributed by atoms with Crippen molar-refractivity contribution in [1.82, 2.24) is 4.90 Å². The topological polar surface area (TPSA) is 101 Å². The van der Waals surface area contributed by atoms with Gasteiger partial charge in [-0.1, -0.05) is 29.8 Å². The summed E-state index contributed by atoms with van der Waals surface area (Å²) in [5.41, 5.74) is 1.22. The number of aliphatic hydroxyl groups is 1. The van der Waals surface area contributed by atoms with Gasteiger partial charge in [-0.05, 0) is 37.1 Å². The first-order chi connectivity index (χ1) is 13.8. The minimum absolute atomic E-state index is 0.0261. The van der Waals surface area contributed by atoms with Gasteiger partial charge in [0, 0.05) is 41.6 Å². The van der Waals surface area contributed by atoms with Gasteiger partial charge in [0.2, 0.25) is 0 Å². The van der Waals surface area contributed by atoms with E-state index in [9.17, 15) is 24.8 Å². The van der Waals surface area contributed by atoms with Crippen LogP contribution in [0.5, 0.6) is 0 Å². The summed E-state index contributed by atoms with van der Waals surface area (Å²) in [7, 11) is 0. The van der Waals surface area contributed by atoms with Crippen molar-refractivity contribution in [1.29, 1.82) is 0 Å². The van der Waals surface area contributed by atoms with Crippen LogP contribution in [-0.4, -0.2) is 45.3 Å². The van der Waals surface area contributed by atoms with Crippen molar-refractivity contribution in [3.05, 3.63) is 74.3 Å². The second-order valence-corrected chi connectivity index (χ2v) is 7.60. The predicted molar refractivity (Wildman–Crippen MR) is 108 cm³/mol. The lowest BCUT2D eigenvalue weighted by Gasteiger charge is -2.24. The van der Waals surface area contributed by atoms with E-state index in [1.54, 1.807) is 12.1 Å². The fourth-order valence-corrected chi connectivity index (χ4v) is 3.76. The zero-order valence-corrected chi connectivity index (χ0v) is 16.6. The lowest BCUT2D eigenvalue weighted by Crippen LogP contribution is -2.41. The van der Waals surface area contributed by atoms with Crippen LogP contribution in [0.1, 0.15) is 34.3 Å². The van der Waals surface area contributed by atoms with Crippen LogP contribution in [0.15, 0.2) is 42.5 Å². The minimum atomic E-state index is -0.803. The summed E-state index contributed by atoms with van der Waals surface area (Å²) >= 11 is 5.87. The van der Waals surface area contributed by atoms with E-state index < -0.39 is 23.0 Å². The normalized spacial score (nSPS) is 18.7. The first-order valence-electron chi connectivity index (χ1n) is 9.28. The summed E-state index contributed by atoms with van der Waals surface area (Å²) in [5.74, 6) is -0.625. The van der Waals surface area contributed by atoms with Gasteiger partial charge in [0.1, 0.15) is 0 Å². The Kier molecular flexibility index (Phi) is 6.30. The molecular weight excluding hydrogens is 396 g/mol. The molecule has 2 aromatic rings. The van der Waals surface area contributed by atoms with E-state index in [4.69, 9.17) is 11.6 Å². The molecule has 3 rings (SSSR count). The Balaban J connectivity index is 1.76. The molecule has 0 saturated carbocycles. The summed E-state index contributed by atoms with van der Waals surface area (Å²) in [4.78, 5) is 37.8. The van der Waals surface area contributed by atoms with Gasteiger partial charge in [-0.3, -0.25) is 19.7 Å². The van der Waals surface area contributed by atoms with Crippen molar-refractivity contribution in [2.24, 2.45) is 0 Å². The molecule has 2 aromatic carbocycles. The molecule has 0 radical (unpaired) electrons. The molecule has 1 aliphatic heterocycles. The number of β-amino-alcohol motifs (C(OH)–C–C–N with tert-alkyl or cyclic N) is 1. The zero-order chi connectivity index (χ0) is 21.1. The van der Waals surface area contributed by atoms with Crippen molar-refractivity contribution in [2.45, 2.75) is 38.3 Å². The Morgan fingerprint density at radius 3 is 2.59 bits per heavy atom. The van der Waals surface area contributed by atoms with Gasteiger partial charge in [-0.15, -0.1) is 0 Å². The molecule has 1 heterocycles. The van der Waals surface area contributed by atoms with Crippen LogP contribution in [0.3, 0.4) is 0 Å². The first kappa shape index (κ1) is 21.0. The Labute approximate surface area is 173 Å². The lowest BCUT2D eigenvalue weighted by molar-refractivity contribution is -0.385. The number of hydrogen-bond donors (Lipinski definition) is 1. The third-order valence-corrected chi connectivity index (χ3v) is 5.47. The van der Waals surface area contributed by atoms with E-state index in [2.05, 4.69) is 0 Å². The van der Waals surface area contributed by atoms with Gasteiger partial charge in [0.25, 0.3) is 11.6 Å². The Bertz CT molecular complexity index is 945. The van der Waals surface area contributed by atoms with Crippen LogP contribution in [-0.2, 0) is 11.2 Å². The van der Waals surface area contributed by atoms with Gasteiger partial charge in [0.15, 0.2) is 5.78 Å². The number of rotatable bonds is 6. The van der Waals surface area contributed by atoms with Crippen LogP contribution in [0.2, 0.25) is 5.02 Å². The quantitative estimate of drug-likeness (QED) is 0.575. The fraction of sp³-hybridized carbons (Fsp3) is 0.333. The van der Waals surface area contributed by atoms with Gasteiger partial charge in [0.05, 0.1) is 17.1 Å². The van der Waals surface area contributed by atoms with Gasteiger partial charge >= 0.3 is 0 Å². The van der Waals surface area contributed by atoms with E-state index in [0.717, 1.165) is 5.56 Å². The molecule has 1 saturated heterocycles. The second-order valence-electron chi connectivity index (χ2n) is 7.16. The maximum atomic E-state index is 13.0. The van der Waals surface area contributed by atoms with Gasteiger partial charge in [-0.2, -0.15) is 0 Å². The highest BCUT2D eigenvalue weighted by Gasteiger charge is 2.39. The number of benzene rings is 2. The van der Waals surface area contributed by atoms with E-state index in [0.29, 0.717) is 11.4 Å². The molecule has 1 amide bonds. The third kappa shape index (κ3) is 4.63. The summed E-state index contributed by atoms with van der Waals surface area (Å²) in [6.07, 6.45) is 0.0820. The van der Waals surface area contributed by atoms with Crippen molar-refractivity contribution in [2.75, 3.05) is 6.54 Å². The van der Waals surface area contributed by atoms with Crippen molar-refractivity contribution < 1.29 is 19.6 Å². The van der Waals surface area contributed by atoms with Crippen molar-refractivity contribution in [3.63, 3.8) is 0 Å². The number of nitro groups is 1. The number of aryl methyl sites for hydroxylation is 1. The second kappa shape index (κ2) is 8.71. The molecule has 0 bridgehead atoms. The summed E-state index contributed by atoms with van der Waals surface area (Å²) < 4.78 is 0. The van der Waals surface area contributed by atoms with Crippen LogP contribution >= 0.6 is 11.6 Å². The maximum Gasteiger partial charge on any atom is 0.273 e. The highest BCUT2D eigenvalue weighted by Crippen LogP contribution is 2.27. The van der Waals surface area contributed by atoms with Crippen molar-refractivity contribution in [3.8, 4) is 0 Å². The molecule has 29 heavy (non-hydrogen) atoms. The number of Topliss-reactive ketones (excluding diaryl/α,β-unsaturated/α-hetero) is 1. The molecule has 2 atom stereocenters. The van der Waals surface area contributed by atoms with Gasteiger partial charge in [-0.25, -0.2) is 0 Å². The minimum Gasteiger partial charge on any atom is -0.391 e. The standard InChI is InChI=1S/C21H21ClN2O5/c1-13-17(3-2-4-18(13)24(28)29)21(27)23-12-16(25)11-19(23)20(26)10-7-14-5-8-15(22)9-6-14/h2-6,8-9,16,19,25H,7,10-12H2,1H3/t16-,19+/m1/s1. The number of amides is 1. The molecular formula is C21H21ClN2O5. The molecule has 1 N–H and O–H groups in total. The number of nitro benzene ring substituents is 1. The average Bonchev–Trinajstić information content (AvgIpc) is 3.08. The maximum absolute atomic E-state index is 13.0. The smallest absolute Gasteiger partial charge is 0.273 e. The molecule has 0 aliphatic carbocycles. The number of carbonyl (C=O) groups is 2. The van der Waals surface area contributed by atoms with Crippen LogP contribution in [0.25, 0.3) is 0 Å². The largest absolute Gasteiger partial charge is 0.391 e. The number of ketones is 1. The molecule has 1 aliphatic rings. The number of halogens is 1. The number of aliphatic hydroxyl groups excluding tert-OH is 1. The monoisotopic (exact) mass is 416 g/mol. The number of nitrogens with zero attached hydrogens (tertiary/aromatic N) is 2. The Morgan fingerprint density at radius 1 is 1.24 bits per heavy atom. The highest BCUT2D eigenvalue weighted by atomic mass is 35.5. The van der Waals surface area contributed by atoms with Crippen LogP contribution < -0.4 is 0 Å². The third-order valence-electron chi connectivity index (χ3n) is 5.22. The Hall–Kier alpha value is -2.77. The molecule has 152 valence electrons. The summed E-state index contributed by atoms with van der Waals surface area (Å²) in [5, 5.41) is 21.8. The zero-order valence-electron chi connectivity index (χ0n) is 15.9.